The summed E-state index contributed by atoms with van der Waals surface area (Å²) in [5.74, 6) is -1.44. The van der Waals surface area contributed by atoms with E-state index in [1.807, 2.05) is 30.3 Å². The van der Waals surface area contributed by atoms with Crippen LogP contribution in [0.3, 0.4) is 0 Å². The van der Waals surface area contributed by atoms with Gasteiger partial charge in [-0.2, -0.15) is 0 Å². The van der Waals surface area contributed by atoms with Crippen LogP contribution in [0.2, 0.25) is 0 Å². The van der Waals surface area contributed by atoms with Crippen LogP contribution in [0.25, 0.3) is 0 Å². The smallest absolute Gasteiger partial charge is 0.305 e. The summed E-state index contributed by atoms with van der Waals surface area (Å²) in [5, 5.41) is 0. The number of hydrogen-bond acceptors (Lipinski definition) is 4. The van der Waals surface area contributed by atoms with Gasteiger partial charge in [-0.05, 0) is 5.56 Å². The quantitative estimate of drug-likeness (QED) is 0.585. The van der Waals surface area contributed by atoms with Crippen molar-refractivity contribution in [2.45, 2.75) is 19.8 Å². The fraction of sp³-hybridized carbons (Fsp3) is 0.273. The Morgan fingerprint density at radius 3 is 2.44 bits per heavy atom. The van der Waals surface area contributed by atoms with Gasteiger partial charge in [-0.15, -0.1) is 0 Å². The van der Waals surface area contributed by atoms with E-state index >= 15 is 0 Å². The molecule has 2 N–H and O–H groups in total. The molecule has 1 atom stereocenters. The third-order valence-electron chi connectivity index (χ3n) is 1.75. The number of rotatable bonds is 5. The highest BCUT2D eigenvalue weighted by atomic mass is 16.7. The minimum atomic E-state index is -1.34. The third-order valence-corrected chi connectivity index (χ3v) is 1.75. The fourth-order valence-electron chi connectivity index (χ4n) is 1.07. The molecule has 0 saturated carbocycles. The highest BCUT2D eigenvalue weighted by molar-refractivity contribution is 5.80. The maximum Gasteiger partial charge on any atom is 0.305 e. The number of carbonyl (C=O) groups is 2. The summed E-state index contributed by atoms with van der Waals surface area (Å²) in [7, 11) is 0. The molecule has 1 amide bonds. The van der Waals surface area contributed by atoms with Gasteiger partial charge in [-0.1, -0.05) is 30.3 Å². The van der Waals surface area contributed by atoms with Gasteiger partial charge in [0.15, 0.2) is 0 Å². The normalized spacial score (nSPS) is 11.8. The Hall–Kier alpha value is -1.88. The number of amides is 1. The number of hydrogen-bond donors (Lipinski definition) is 1. The minimum Gasteiger partial charge on any atom is -0.426 e. The number of nitrogens with two attached hydrogens (primary N) is 1. The van der Waals surface area contributed by atoms with Crippen LogP contribution in [0, 0.1) is 0 Å². The van der Waals surface area contributed by atoms with Crippen LogP contribution < -0.4 is 5.73 Å². The third kappa shape index (κ3) is 4.10. The molecule has 1 aromatic carbocycles. The molecule has 0 aromatic heterocycles. The van der Waals surface area contributed by atoms with Gasteiger partial charge < -0.3 is 15.2 Å². The van der Waals surface area contributed by atoms with Gasteiger partial charge in [0, 0.05) is 6.92 Å². The summed E-state index contributed by atoms with van der Waals surface area (Å²) in [6, 6.07) is 9.19. The Morgan fingerprint density at radius 1 is 1.31 bits per heavy atom. The Morgan fingerprint density at radius 2 is 1.94 bits per heavy atom. The van der Waals surface area contributed by atoms with Gasteiger partial charge >= 0.3 is 5.97 Å². The maximum absolute atomic E-state index is 10.9. The van der Waals surface area contributed by atoms with Crippen LogP contribution in [0.4, 0.5) is 0 Å². The molecule has 5 nitrogen and oxygen atoms in total. The molecule has 86 valence electrons. The van der Waals surface area contributed by atoms with Gasteiger partial charge in [-0.3, -0.25) is 9.59 Å². The lowest BCUT2D eigenvalue weighted by Gasteiger charge is -2.13. The van der Waals surface area contributed by atoms with Crippen LogP contribution in [0.15, 0.2) is 30.3 Å². The molecular weight excluding hydrogens is 210 g/mol. The Balaban J connectivity index is 2.50. The predicted octanol–water partition coefficient (Wildman–Crippen LogP) is 0.578. The minimum absolute atomic E-state index is 0.154. The zero-order valence-corrected chi connectivity index (χ0v) is 8.88. The van der Waals surface area contributed by atoms with E-state index in [9.17, 15) is 9.59 Å². The zero-order valence-electron chi connectivity index (χ0n) is 8.88. The largest absolute Gasteiger partial charge is 0.426 e. The van der Waals surface area contributed by atoms with Crippen LogP contribution in [0.1, 0.15) is 12.5 Å². The summed E-state index contributed by atoms with van der Waals surface area (Å²) in [6.45, 7) is 1.34. The molecule has 1 unspecified atom stereocenters. The zero-order chi connectivity index (χ0) is 12.0. The Bertz CT molecular complexity index is 364. The first-order chi connectivity index (χ1) is 7.59. The summed E-state index contributed by atoms with van der Waals surface area (Å²) in [6.07, 6.45) is -1.34. The molecule has 0 bridgehead atoms. The van der Waals surface area contributed by atoms with E-state index in [2.05, 4.69) is 4.74 Å². The lowest BCUT2D eigenvalue weighted by molar-refractivity contribution is -0.185. The van der Waals surface area contributed by atoms with E-state index in [1.165, 1.54) is 6.92 Å². The van der Waals surface area contributed by atoms with Crippen LogP contribution in [-0.4, -0.2) is 18.2 Å². The van der Waals surface area contributed by atoms with Gasteiger partial charge in [-0.25, -0.2) is 0 Å². The van der Waals surface area contributed by atoms with Gasteiger partial charge in [0.1, 0.15) is 0 Å². The SMILES string of the molecule is CC(=O)OC(OCc1ccccc1)C(N)=O. The molecule has 0 saturated heterocycles. The predicted molar refractivity (Wildman–Crippen MR) is 56.0 cm³/mol. The van der Waals surface area contributed by atoms with Crippen LogP contribution >= 0.6 is 0 Å². The number of primary amides is 1. The summed E-state index contributed by atoms with van der Waals surface area (Å²) >= 11 is 0. The summed E-state index contributed by atoms with van der Waals surface area (Å²) < 4.78 is 9.68. The van der Waals surface area contributed by atoms with Crippen LogP contribution in [0.5, 0.6) is 0 Å². The van der Waals surface area contributed by atoms with Crippen molar-refractivity contribution in [2.24, 2.45) is 5.73 Å². The maximum atomic E-state index is 10.9. The molecule has 1 rings (SSSR count). The molecule has 0 fully saturated rings. The van der Waals surface area contributed by atoms with Gasteiger partial charge in [0.2, 0.25) is 0 Å². The van der Waals surface area contributed by atoms with E-state index in [0.29, 0.717) is 0 Å². The second-order valence-corrected chi connectivity index (χ2v) is 3.14. The highest BCUT2D eigenvalue weighted by Crippen LogP contribution is 2.04. The monoisotopic (exact) mass is 223 g/mol. The molecule has 0 radical (unpaired) electrons. The van der Waals surface area contributed by atoms with Crippen molar-refractivity contribution >= 4 is 11.9 Å². The second kappa shape index (κ2) is 5.87. The molecule has 0 heterocycles. The number of benzene rings is 1. The van der Waals surface area contributed by atoms with Crippen molar-refractivity contribution in [3.05, 3.63) is 35.9 Å². The Labute approximate surface area is 93.1 Å². The first kappa shape index (κ1) is 12.2. The van der Waals surface area contributed by atoms with Crippen molar-refractivity contribution in [3.8, 4) is 0 Å². The van der Waals surface area contributed by atoms with Crippen molar-refractivity contribution in [1.29, 1.82) is 0 Å². The number of ether oxygens (including phenoxy) is 2. The van der Waals surface area contributed by atoms with Gasteiger partial charge in [0.25, 0.3) is 12.2 Å². The van der Waals surface area contributed by atoms with Crippen molar-refractivity contribution < 1.29 is 19.1 Å². The van der Waals surface area contributed by atoms with E-state index in [-0.39, 0.29) is 6.61 Å². The first-order valence-electron chi connectivity index (χ1n) is 4.71. The fourth-order valence-corrected chi connectivity index (χ4v) is 1.07. The lowest BCUT2D eigenvalue weighted by atomic mass is 10.2. The summed E-state index contributed by atoms with van der Waals surface area (Å²) in [4.78, 5) is 21.5. The van der Waals surface area contributed by atoms with Crippen molar-refractivity contribution in [2.75, 3.05) is 0 Å². The van der Waals surface area contributed by atoms with Crippen molar-refractivity contribution in [3.63, 3.8) is 0 Å². The first-order valence-corrected chi connectivity index (χ1v) is 4.71. The molecule has 0 aliphatic heterocycles. The molecule has 0 spiro atoms. The van der Waals surface area contributed by atoms with Crippen LogP contribution in [-0.2, 0) is 25.7 Å². The summed E-state index contributed by atoms with van der Waals surface area (Å²) in [5.41, 5.74) is 5.87. The second-order valence-electron chi connectivity index (χ2n) is 3.14. The topological polar surface area (TPSA) is 78.6 Å². The highest BCUT2D eigenvalue weighted by Gasteiger charge is 2.18. The number of esters is 1. The average Bonchev–Trinajstić information content (AvgIpc) is 2.25. The lowest BCUT2D eigenvalue weighted by Crippen LogP contribution is -2.34. The standard InChI is InChI=1S/C11H13NO4/c1-8(13)16-11(10(12)14)15-7-9-5-3-2-4-6-9/h2-6,11H,7H2,1H3,(H2,12,14). The van der Waals surface area contributed by atoms with E-state index in [0.717, 1.165) is 5.56 Å². The average molecular weight is 223 g/mol. The van der Waals surface area contributed by atoms with E-state index < -0.39 is 18.2 Å². The van der Waals surface area contributed by atoms with E-state index in [1.54, 1.807) is 0 Å². The molecule has 16 heavy (non-hydrogen) atoms. The Kier molecular flexibility index (Phi) is 4.47. The van der Waals surface area contributed by atoms with E-state index in [4.69, 9.17) is 10.5 Å². The van der Waals surface area contributed by atoms with Crippen molar-refractivity contribution in [1.82, 2.24) is 0 Å². The molecule has 0 aliphatic rings. The number of carbonyl (C=O) groups excluding carboxylic acids is 2. The molecule has 5 heteroatoms. The molecule has 0 aliphatic carbocycles. The molecule has 1 aromatic rings. The molecular formula is C11H13NO4. The van der Waals surface area contributed by atoms with Gasteiger partial charge in [0.05, 0.1) is 6.61 Å².